The van der Waals surface area contributed by atoms with Gasteiger partial charge in [0.25, 0.3) is 0 Å². The van der Waals surface area contributed by atoms with E-state index in [9.17, 15) is 10.1 Å². The van der Waals surface area contributed by atoms with E-state index in [-0.39, 0.29) is 5.78 Å². The molecular weight excluding hydrogens is 464 g/mol. The molecule has 4 aromatic rings. The SMILES string of the molecule is Cc1ccc(C(=O)C2C(N)=C(C#N)C(c3ccccc3)(c3ccccc3)C2c2ccc(Cl)cc2)cc1. The predicted molar refractivity (Wildman–Crippen MR) is 144 cm³/mol. The maximum Gasteiger partial charge on any atom is 0.172 e. The number of rotatable bonds is 5. The fourth-order valence-corrected chi connectivity index (χ4v) is 5.77. The molecule has 5 rings (SSSR count). The molecule has 0 amide bonds. The predicted octanol–water partition coefficient (Wildman–Crippen LogP) is 6.97. The number of benzene rings is 4. The average Bonchev–Trinajstić information content (AvgIpc) is 3.19. The van der Waals surface area contributed by atoms with Crippen molar-refractivity contribution in [3.05, 3.63) is 153 Å². The van der Waals surface area contributed by atoms with E-state index < -0.39 is 17.3 Å². The average molecular weight is 489 g/mol. The molecule has 0 bridgehead atoms. The molecule has 3 nitrogen and oxygen atoms in total. The number of nitriles is 1. The molecule has 0 heterocycles. The van der Waals surface area contributed by atoms with E-state index >= 15 is 0 Å². The summed E-state index contributed by atoms with van der Waals surface area (Å²) in [6.07, 6.45) is 0. The highest BCUT2D eigenvalue weighted by molar-refractivity contribution is 6.30. The second-order valence-corrected chi connectivity index (χ2v) is 9.66. The van der Waals surface area contributed by atoms with Crippen LogP contribution in [-0.2, 0) is 5.41 Å². The number of hydrogen-bond acceptors (Lipinski definition) is 3. The molecule has 176 valence electrons. The maximum atomic E-state index is 14.2. The summed E-state index contributed by atoms with van der Waals surface area (Å²) in [6, 6.07) is 37.3. The molecule has 0 spiro atoms. The van der Waals surface area contributed by atoms with Gasteiger partial charge in [-0.3, -0.25) is 4.79 Å². The Morgan fingerprint density at radius 3 is 1.86 bits per heavy atom. The first-order valence-corrected chi connectivity index (χ1v) is 12.2. The lowest BCUT2D eigenvalue weighted by Crippen LogP contribution is -2.37. The summed E-state index contributed by atoms with van der Waals surface area (Å²) >= 11 is 6.26. The van der Waals surface area contributed by atoms with Crippen LogP contribution in [-0.4, -0.2) is 5.78 Å². The summed E-state index contributed by atoms with van der Waals surface area (Å²) in [5.74, 6) is -1.29. The number of nitrogens with two attached hydrogens (primary N) is 1. The second-order valence-electron chi connectivity index (χ2n) is 9.22. The molecule has 0 aromatic heterocycles. The molecule has 2 unspecified atom stereocenters. The molecule has 0 aliphatic heterocycles. The van der Waals surface area contributed by atoms with Crippen molar-refractivity contribution in [1.82, 2.24) is 0 Å². The van der Waals surface area contributed by atoms with Gasteiger partial charge >= 0.3 is 0 Å². The van der Waals surface area contributed by atoms with Gasteiger partial charge in [-0.15, -0.1) is 0 Å². The van der Waals surface area contributed by atoms with E-state index in [0.717, 1.165) is 22.3 Å². The van der Waals surface area contributed by atoms with Crippen LogP contribution in [0.1, 0.15) is 38.5 Å². The van der Waals surface area contributed by atoms with Gasteiger partial charge in [0.1, 0.15) is 0 Å². The molecule has 1 aliphatic carbocycles. The van der Waals surface area contributed by atoms with Crippen LogP contribution in [0.4, 0.5) is 0 Å². The van der Waals surface area contributed by atoms with Gasteiger partial charge in [0.05, 0.1) is 23.0 Å². The molecular formula is C32H25ClN2O. The van der Waals surface area contributed by atoms with E-state index in [4.69, 9.17) is 17.3 Å². The molecule has 0 saturated carbocycles. The highest BCUT2D eigenvalue weighted by Crippen LogP contribution is 2.59. The number of carbonyl (C=O) groups is 1. The van der Waals surface area contributed by atoms with Gasteiger partial charge in [0, 0.05) is 22.2 Å². The number of hydrogen-bond donors (Lipinski definition) is 1. The molecule has 2 atom stereocenters. The molecule has 36 heavy (non-hydrogen) atoms. The second kappa shape index (κ2) is 9.49. The van der Waals surface area contributed by atoms with Crippen molar-refractivity contribution in [3.8, 4) is 6.07 Å². The van der Waals surface area contributed by atoms with Gasteiger partial charge in [-0.2, -0.15) is 5.26 Å². The molecule has 0 radical (unpaired) electrons. The summed E-state index contributed by atoms with van der Waals surface area (Å²) in [7, 11) is 0. The quantitative estimate of drug-likeness (QED) is 0.308. The lowest BCUT2D eigenvalue weighted by Gasteiger charge is -2.39. The van der Waals surface area contributed by atoms with Crippen LogP contribution in [0.25, 0.3) is 0 Å². The lowest BCUT2D eigenvalue weighted by molar-refractivity contribution is 0.0919. The topological polar surface area (TPSA) is 66.9 Å². The van der Waals surface area contributed by atoms with Crippen molar-refractivity contribution in [3.63, 3.8) is 0 Å². The fraction of sp³-hybridized carbons (Fsp3) is 0.125. The molecule has 0 saturated heterocycles. The van der Waals surface area contributed by atoms with Crippen LogP contribution in [0.5, 0.6) is 0 Å². The van der Waals surface area contributed by atoms with E-state index in [1.54, 1.807) is 0 Å². The molecule has 4 heteroatoms. The Hall–Kier alpha value is -4.13. The van der Waals surface area contributed by atoms with Crippen LogP contribution >= 0.6 is 11.6 Å². The number of carbonyl (C=O) groups excluding carboxylic acids is 1. The van der Waals surface area contributed by atoms with Crippen molar-refractivity contribution < 1.29 is 4.79 Å². The summed E-state index contributed by atoms with van der Waals surface area (Å²) in [5.41, 5.74) is 10.9. The van der Waals surface area contributed by atoms with Crippen LogP contribution in [0, 0.1) is 24.2 Å². The zero-order chi connectivity index (χ0) is 25.3. The Bertz CT molecular complexity index is 1430. The first-order valence-electron chi connectivity index (χ1n) is 11.9. The zero-order valence-corrected chi connectivity index (χ0v) is 20.6. The number of aryl methyl sites for hydroxylation is 1. The minimum Gasteiger partial charge on any atom is -0.401 e. The van der Waals surface area contributed by atoms with Gasteiger partial charge in [-0.05, 0) is 35.7 Å². The van der Waals surface area contributed by atoms with E-state index in [1.165, 1.54) is 0 Å². The van der Waals surface area contributed by atoms with Crippen molar-refractivity contribution in [2.45, 2.75) is 18.3 Å². The summed E-state index contributed by atoms with van der Waals surface area (Å²) in [5, 5.41) is 11.2. The maximum absolute atomic E-state index is 14.2. The van der Waals surface area contributed by atoms with Crippen LogP contribution in [0.2, 0.25) is 5.02 Å². The van der Waals surface area contributed by atoms with Crippen molar-refractivity contribution in [1.29, 1.82) is 5.26 Å². The van der Waals surface area contributed by atoms with Crippen molar-refractivity contribution >= 4 is 17.4 Å². The van der Waals surface area contributed by atoms with Gasteiger partial charge in [0.15, 0.2) is 5.78 Å². The number of allylic oxidation sites excluding steroid dienone is 2. The van der Waals surface area contributed by atoms with E-state index in [1.807, 2.05) is 116 Å². The smallest absolute Gasteiger partial charge is 0.172 e. The summed E-state index contributed by atoms with van der Waals surface area (Å²) in [4.78, 5) is 14.2. The van der Waals surface area contributed by atoms with Crippen LogP contribution < -0.4 is 5.73 Å². The third-order valence-corrected chi connectivity index (χ3v) is 7.49. The number of halogens is 1. The van der Waals surface area contributed by atoms with Gasteiger partial charge < -0.3 is 5.73 Å². The van der Waals surface area contributed by atoms with Crippen LogP contribution in [0.3, 0.4) is 0 Å². The Morgan fingerprint density at radius 1 is 0.833 bits per heavy atom. The van der Waals surface area contributed by atoms with Gasteiger partial charge in [-0.1, -0.05) is 114 Å². The lowest BCUT2D eigenvalue weighted by atomic mass is 9.60. The van der Waals surface area contributed by atoms with Gasteiger partial charge in [-0.25, -0.2) is 0 Å². The van der Waals surface area contributed by atoms with Gasteiger partial charge in [0.2, 0.25) is 0 Å². The Morgan fingerprint density at radius 2 is 1.36 bits per heavy atom. The fourth-order valence-electron chi connectivity index (χ4n) is 5.64. The molecule has 1 aliphatic rings. The Kier molecular flexibility index (Phi) is 6.22. The van der Waals surface area contributed by atoms with Crippen molar-refractivity contribution in [2.75, 3.05) is 0 Å². The first kappa shape index (κ1) is 23.6. The number of ketones is 1. The minimum absolute atomic E-state index is 0.103. The summed E-state index contributed by atoms with van der Waals surface area (Å²) < 4.78 is 0. The molecule has 4 aromatic carbocycles. The van der Waals surface area contributed by atoms with Crippen LogP contribution in [0.15, 0.2) is 120 Å². The van der Waals surface area contributed by atoms with E-state index in [0.29, 0.717) is 21.9 Å². The largest absolute Gasteiger partial charge is 0.401 e. The van der Waals surface area contributed by atoms with Crippen molar-refractivity contribution in [2.24, 2.45) is 11.7 Å². The summed E-state index contributed by atoms with van der Waals surface area (Å²) in [6.45, 7) is 1.98. The third-order valence-electron chi connectivity index (χ3n) is 7.24. The number of nitrogens with zero attached hydrogens (tertiary/aromatic N) is 1. The number of Topliss-reactive ketones (excluding diaryl/α,β-unsaturated/α-hetero) is 1. The highest BCUT2D eigenvalue weighted by atomic mass is 35.5. The normalized spacial score (nSPS) is 18.6. The zero-order valence-electron chi connectivity index (χ0n) is 19.9. The third kappa shape index (κ3) is 3.71. The standard InChI is InChI=1S/C32H25ClN2O/c1-21-12-14-23(15-13-21)31(36)28-29(22-16-18-26(33)19-17-22)32(27(20-34)30(28)35,24-8-4-2-5-9-24)25-10-6-3-7-11-25/h2-19,28-29H,35H2,1H3. The minimum atomic E-state index is -0.958. The first-order chi connectivity index (χ1) is 17.5. The Balaban J connectivity index is 1.86. The molecule has 2 N–H and O–H groups in total. The monoisotopic (exact) mass is 488 g/mol. The molecule has 0 fully saturated rings. The van der Waals surface area contributed by atoms with E-state index in [2.05, 4.69) is 6.07 Å². The Labute approximate surface area is 216 Å². The highest BCUT2D eigenvalue weighted by Gasteiger charge is 2.58.